The smallest absolute Gasteiger partial charge is 0.130 e. The van der Waals surface area contributed by atoms with Crippen molar-refractivity contribution >= 4 is 0 Å². The van der Waals surface area contributed by atoms with Crippen molar-refractivity contribution < 1.29 is 4.39 Å². The first-order valence-corrected chi connectivity index (χ1v) is 6.38. The van der Waals surface area contributed by atoms with Gasteiger partial charge in [0, 0.05) is 5.56 Å². The summed E-state index contributed by atoms with van der Waals surface area (Å²) in [5, 5.41) is 0. The Morgan fingerprint density at radius 2 is 1.89 bits per heavy atom. The molecule has 19 heavy (non-hydrogen) atoms. The van der Waals surface area contributed by atoms with Gasteiger partial charge in [0.05, 0.1) is 6.04 Å². The van der Waals surface area contributed by atoms with Crippen LogP contribution >= 0.6 is 0 Å². The molecule has 3 N–H and O–H groups in total. The summed E-state index contributed by atoms with van der Waals surface area (Å²) in [5.41, 5.74) is 6.30. The summed E-state index contributed by atoms with van der Waals surface area (Å²) in [6.07, 6.45) is 0.665. The molecule has 0 saturated heterocycles. The third kappa shape index (κ3) is 3.19. The third-order valence-electron chi connectivity index (χ3n) is 3.32. The second-order valence-electron chi connectivity index (χ2n) is 4.89. The number of nitrogens with one attached hydrogen (secondary N) is 1. The number of benzene rings is 2. The van der Waals surface area contributed by atoms with E-state index in [0.29, 0.717) is 17.5 Å². The van der Waals surface area contributed by atoms with Crippen LogP contribution in [-0.4, -0.2) is 0 Å². The van der Waals surface area contributed by atoms with E-state index in [-0.39, 0.29) is 11.9 Å². The van der Waals surface area contributed by atoms with E-state index < -0.39 is 0 Å². The topological polar surface area (TPSA) is 38.0 Å². The Hall–Kier alpha value is -1.71. The van der Waals surface area contributed by atoms with Gasteiger partial charge in [-0.05, 0) is 31.4 Å². The van der Waals surface area contributed by atoms with Crippen LogP contribution in [0.4, 0.5) is 4.39 Å². The second-order valence-corrected chi connectivity index (χ2v) is 4.89. The SMILES string of the molecule is Cc1cccc(CC(NN)c2cccc(C)c2F)c1. The molecule has 0 heterocycles. The molecule has 0 aliphatic heterocycles. The largest absolute Gasteiger partial charge is 0.271 e. The van der Waals surface area contributed by atoms with Gasteiger partial charge >= 0.3 is 0 Å². The van der Waals surface area contributed by atoms with Crippen LogP contribution in [0.5, 0.6) is 0 Å². The maximum absolute atomic E-state index is 14.1. The average molecular weight is 258 g/mol. The standard InChI is InChI=1S/C16H19FN2/c1-11-5-3-7-13(9-11)10-15(19-18)14-8-4-6-12(2)16(14)17/h3-9,15,19H,10,18H2,1-2H3. The van der Waals surface area contributed by atoms with Crippen LogP contribution in [-0.2, 0) is 6.42 Å². The van der Waals surface area contributed by atoms with Crippen LogP contribution in [0, 0.1) is 19.7 Å². The summed E-state index contributed by atoms with van der Waals surface area (Å²) in [6.45, 7) is 3.81. The minimum Gasteiger partial charge on any atom is -0.271 e. The molecule has 0 amide bonds. The molecule has 0 aliphatic rings. The van der Waals surface area contributed by atoms with Crippen molar-refractivity contribution in [3.63, 3.8) is 0 Å². The van der Waals surface area contributed by atoms with Gasteiger partial charge in [-0.2, -0.15) is 0 Å². The number of nitrogens with two attached hydrogens (primary N) is 1. The van der Waals surface area contributed by atoms with Gasteiger partial charge in [-0.3, -0.25) is 11.3 Å². The maximum atomic E-state index is 14.1. The molecule has 0 radical (unpaired) electrons. The molecular weight excluding hydrogens is 239 g/mol. The van der Waals surface area contributed by atoms with Crippen molar-refractivity contribution in [3.05, 3.63) is 70.5 Å². The monoisotopic (exact) mass is 258 g/mol. The van der Waals surface area contributed by atoms with E-state index in [2.05, 4.69) is 11.5 Å². The van der Waals surface area contributed by atoms with E-state index in [1.54, 1.807) is 19.1 Å². The van der Waals surface area contributed by atoms with Gasteiger partial charge in [-0.15, -0.1) is 0 Å². The minimum atomic E-state index is -0.221. The molecule has 1 unspecified atom stereocenters. The number of rotatable bonds is 4. The van der Waals surface area contributed by atoms with Crippen LogP contribution in [0.15, 0.2) is 42.5 Å². The molecule has 3 heteroatoms. The molecule has 2 aromatic rings. The van der Waals surface area contributed by atoms with Crippen molar-refractivity contribution in [3.8, 4) is 0 Å². The van der Waals surface area contributed by atoms with E-state index in [1.807, 2.05) is 31.2 Å². The second kappa shape index (κ2) is 5.95. The quantitative estimate of drug-likeness (QED) is 0.653. The van der Waals surface area contributed by atoms with Gasteiger partial charge in [0.25, 0.3) is 0 Å². The molecule has 0 fully saturated rings. The number of hydrogen-bond acceptors (Lipinski definition) is 2. The molecule has 1 atom stereocenters. The summed E-state index contributed by atoms with van der Waals surface area (Å²) < 4.78 is 14.1. The number of hydrogen-bond donors (Lipinski definition) is 2. The van der Waals surface area contributed by atoms with Crippen molar-refractivity contribution in [2.75, 3.05) is 0 Å². The summed E-state index contributed by atoms with van der Waals surface area (Å²) in [6, 6.07) is 13.4. The Bertz CT molecular complexity index is 566. The summed E-state index contributed by atoms with van der Waals surface area (Å²) in [7, 11) is 0. The van der Waals surface area contributed by atoms with Gasteiger partial charge < -0.3 is 0 Å². The molecule has 2 nitrogen and oxygen atoms in total. The van der Waals surface area contributed by atoms with E-state index in [0.717, 1.165) is 5.56 Å². The number of aryl methyl sites for hydroxylation is 2. The zero-order valence-corrected chi connectivity index (χ0v) is 11.3. The van der Waals surface area contributed by atoms with Crippen LogP contribution in [0.25, 0.3) is 0 Å². The van der Waals surface area contributed by atoms with E-state index >= 15 is 0 Å². The van der Waals surface area contributed by atoms with Crippen LogP contribution in [0.2, 0.25) is 0 Å². The van der Waals surface area contributed by atoms with Gasteiger partial charge in [0.2, 0.25) is 0 Å². The first-order chi connectivity index (χ1) is 9.11. The molecule has 0 bridgehead atoms. The fourth-order valence-electron chi connectivity index (χ4n) is 2.27. The first-order valence-electron chi connectivity index (χ1n) is 6.38. The van der Waals surface area contributed by atoms with Crippen LogP contribution in [0.3, 0.4) is 0 Å². The van der Waals surface area contributed by atoms with Crippen molar-refractivity contribution in [1.29, 1.82) is 0 Å². The van der Waals surface area contributed by atoms with Crippen molar-refractivity contribution in [2.24, 2.45) is 5.84 Å². The molecule has 0 spiro atoms. The first kappa shape index (κ1) is 13.7. The molecule has 2 rings (SSSR count). The lowest BCUT2D eigenvalue weighted by molar-refractivity contribution is 0.507. The predicted octanol–water partition coefficient (Wildman–Crippen LogP) is 3.19. The lowest BCUT2D eigenvalue weighted by Crippen LogP contribution is -2.30. The summed E-state index contributed by atoms with van der Waals surface area (Å²) in [4.78, 5) is 0. The normalized spacial score (nSPS) is 12.4. The highest BCUT2D eigenvalue weighted by Crippen LogP contribution is 2.23. The molecule has 2 aromatic carbocycles. The zero-order chi connectivity index (χ0) is 13.8. The number of halogens is 1. The Kier molecular flexibility index (Phi) is 4.30. The zero-order valence-electron chi connectivity index (χ0n) is 11.3. The highest BCUT2D eigenvalue weighted by molar-refractivity contribution is 5.30. The van der Waals surface area contributed by atoms with Gasteiger partial charge in [-0.25, -0.2) is 4.39 Å². The number of hydrazine groups is 1. The molecule has 0 saturated carbocycles. The van der Waals surface area contributed by atoms with E-state index in [4.69, 9.17) is 5.84 Å². The molecule has 0 aliphatic carbocycles. The average Bonchev–Trinajstić information content (AvgIpc) is 2.40. The molecular formula is C16H19FN2. The Labute approximate surface area is 113 Å². The lowest BCUT2D eigenvalue weighted by atomic mass is 9.96. The fourth-order valence-corrected chi connectivity index (χ4v) is 2.27. The van der Waals surface area contributed by atoms with E-state index in [1.165, 1.54) is 5.56 Å². The van der Waals surface area contributed by atoms with Crippen LogP contribution < -0.4 is 11.3 Å². The van der Waals surface area contributed by atoms with Gasteiger partial charge in [-0.1, -0.05) is 48.0 Å². The minimum absolute atomic E-state index is 0.182. The van der Waals surface area contributed by atoms with Crippen molar-refractivity contribution in [2.45, 2.75) is 26.3 Å². The predicted molar refractivity (Wildman–Crippen MR) is 76.1 cm³/mol. The lowest BCUT2D eigenvalue weighted by Gasteiger charge is -2.18. The van der Waals surface area contributed by atoms with Gasteiger partial charge in [0.15, 0.2) is 0 Å². The summed E-state index contributed by atoms with van der Waals surface area (Å²) >= 11 is 0. The molecule has 0 aromatic heterocycles. The van der Waals surface area contributed by atoms with Gasteiger partial charge in [0.1, 0.15) is 5.82 Å². The highest BCUT2D eigenvalue weighted by atomic mass is 19.1. The molecule has 100 valence electrons. The third-order valence-corrected chi connectivity index (χ3v) is 3.32. The summed E-state index contributed by atoms with van der Waals surface area (Å²) in [5.74, 6) is 5.41. The Morgan fingerprint density at radius 3 is 2.58 bits per heavy atom. The highest BCUT2D eigenvalue weighted by Gasteiger charge is 2.16. The van der Waals surface area contributed by atoms with Crippen LogP contribution in [0.1, 0.15) is 28.3 Å². The Morgan fingerprint density at radius 1 is 1.16 bits per heavy atom. The van der Waals surface area contributed by atoms with Crippen molar-refractivity contribution in [1.82, 2.24) is 5.43 Å². The van der Waals surface area contributed by atoms with E-state index in [9.17, 15) is 4.39 Å². The maximum Gasteiger partial charge on any atom is 0.130 e. The Balaban J connectivity index is 2.28. The fraction of sp³-hybridized carbons (Fsp3) is 0.250.